The minimum Gasteiger partial charge on any atom is -0.453 e. The van der Waals surface area contributed by atoms with Crippen LogP contribution in [-0.4, -0.2) is 62.4 Å². The van der Waals surface area contributed by atoms with Crippen LogP contribution in [0.1, 0.15) is 12.8 Å². The van der Waals surface area contributed by atoms with Gasteiger partial charge in [-0.1, -0.05) is 23.7 Å². The number of carbonyl (C=O) groups is 2. The predicted molar refractivity (Wildman–Crippen MR) is 96.1 cm³/mol. The van der Waals surface area contributed by atoms with E-state index in [2.05, 4.69) is 20.3 Å². The minimum absolute atomic E-state index is 0.0256. The molecule has 25 heavy (non-hydrogen) atoms. The van der Waals surface area contributed by atoms with Crippen LogP contribution >= 0.6 is 11.6 Å². The Morgan fingerprint density at radius 1 is 1.16 bits per heavy atom. The fraction of sp³-hybridized carbons (Fsp3) is 0.529. The second-order valence-corrected chi connectivity index (χ2v) is 6.83. The Morgan fingerprint density at radius 2 is 1.88 bits per heavy atom. The van der Waals surface area contributed by atoms with Gasteiger partial charge in [0.05, 0.1) is 23.9 Å². The lowest BCUT2D eigenvalue weighted by Gasteiger charge is -2.39. The van der Waals surface area contributed by atoms with Gasteiger partial charge in [-0.15, -0.1) is 0 Å². The van der Waals surface area contributed by atoms with Crippen LogP contribution in [-0.2, 0) is 4.74 Å². The van der Waals surface area contributed by atoms with E-state index in [1.807, 2.05) is 24.3 Å². The highest BCUT2D eigenvalue weighted by Gasteiger charge is 2.33. The predicted octanol–water partition coefficient (Wildman–Crippen LogP) is 2.06. The van der Waals surface area contributed by atoms with E-state index < -0.39 is 0 Å². The molecule has 3 amide bonds. The number of hydrogen-bond acceptors (Lipinski definition) is 4. The molecular formula is C17H23ClN4O3. The number of methoxy groups -OCH3 is 1. The first kappa shape index (κ1) is 17.7. The number of nitrogens with one attached hydrogen (secondary N) is 2. The van der Waals surface area contributed by atoms with E-state index in [1.165, 1.54) is 7.11 Å². The Balaban J connectivity index is 1.46. The Bertz CT molecular complexity index is 636. The number of urea groups is 1. The number of benzene rings is 1. The van der Waals surface area contributed by atoms with E-state index in [-0.39, 0.29) is 24.2 Å². The fourth-order valence-corrected chi connectivity index (χ4v) is 3.54. The van der Waals surface area contributed by atoms with Gasteiger partial charge in [0.1, 0.15) is 0 Å². The van der Waals surface area contributed by atoms with Gasteiger partial charge < -0.3 is 25.2 Å². The molecule has 2 aliphatic rings. The van der Waals surface area contributed by atoms with Crippen molar-refractivity contribution < 1.29 is 14.3 Å². The van der Waals surface area contributed by atoms with Gasteiger partial charge in [0, 0.05) is 32.2 Å². The normalized spacial score (nSPS) is 20.6. The number of ether oxygens (including phenoxy) is 1. The molecule has 0 radical (unpaired) electrons. The second kappa shape index (κ2) is 7.82. The largest absolute Gasteiger partial charge is 0.453 e. The van der Waals surface area contributed by atoms with E-state index in [0.717, 1.165) is 36.6 Å². The first-order chi connectivity index (χ1) is 12.1. The number of carbonyl (C=O) groups excluding carboxylic acids is 2. The Hall–Kier alpha value is -2.15. The van der Waals surface area contributed by atoms with Gasteiger partial charge in [-0.3, -0.25) is 0 Å². The number of hydrogen-bond donors (Lipinski definition) is 2. The first-order valence-electron chi connectivity index (χ1n) is 8.46. The maximum atomic E-state index is 12.2. The SMILES string of the molecule is COC(=O)N1CC(NC(=O)NC2CCCN(c3ccccc3Cl)C2)C1. The van der Waals surface area contributed by atoms with Gasteiger partial charge in [-0.2, -0.15) is 0 Å². The number of likely N-dealkylation sites (tertiary alicyclic amines) is 1. The number of nitrogens with zero attached hydrogens (tertiary/aromatic N) is 2. The molecule has 0 bridgehead atoms. The summed E-state index contributed by atoms with van der Waals surface area (Å²) in [5.74, 6) is 0. The van der Waals surface area contributed by atoms with Crippen molar-refractivity contribution in [2.24, 2.45) is 0 Å². The number of halogens is 1. The molecule has 7 nitrogen and oxygen atoms in total. The smallest absolute Gasteiger partial charge is 0.409 e. The van der Waals surface area contributed by atoms with Gasteiger partial charge >= 0.3 is 12.1 Å². The summed E-state index contributed by atoms with van der Waals surface area (Å²) in [6, 6.07) is 7.61. The van der Waals surface area contributed by atoms with Crippen LogP contribution in [0.4, 0.5) is 15.3 Å². The molecule has 0 aromatic heterocycles. The third-order valence-electron chi connectivity index (χ3n) is 4.60. The zero-order chi connectivity index (χ0) is 17.8. The quantitative estimate of drug-likeness (QED) is 0.858. The lowest BCUT2D eigenvalue weighted by molar-refractivity contribution is 0.0820. The molecule has 0 spiro atoms. The van der Waals surface area contributed by atoms with Gasteiger partial charge in [0.2, 0.25) is 0 Å². The van der Waals surface area contributed by atoms with Crippen LogP contribution in [0.3, 0.4) is 0 Å². The van der Waals surface area contributed by atoms with Gasteiger partial charge in [-0.05, 0) is 25.0 Å². The average molecular weight is 367 g/mol. The molecule has 2 aliphatic heterocycles. The third kappa shape index (κ3) is 4.28. The van der Waals surface area contributed by atoms with Crippen molar-refractivity contribution in [2.45, 2.75) is 24.9 Å². The summed E-state index contributed by atoms with van der Waals surface area (Å²) in [6.45, 7) is 2.63. The minimum atomic E-state index is -0.360. The molecule has 3 rings (SSSR count). The van der Waals surface area contributed by atoms with Gasteiger partial charge in [0.15, 0.2) is 0 Å². The molecule has 2 heterocycles. The molecule has 0 saturated carbocycles. The molecule has 0 aliphatic carbocycles. The summed E-state index contributed by atoms with van der Waals surface area (Å²) >= 11 is 6.27. The summed E-state index contributed by atoms with van der Waals surface area (Å²) in [7, 11) is 1.35. The summed E-state index contributed by atoms with van der Waals surface area (Å²) in [4.78, 5) is 27.2. The standard InChI is InChI=1S/C17H23ClN4O3/c1-25-17(24)22-10-13(11-22)20-16(23)19-12-5-4-8-21(9-12)15-7-3-2-6-14(15)18/h2-3,6-7,12-13H,4-5,8-11H2,1H3,(H2,19,20,23). The molecule has 1 aromatic carbocycles. The Morgan fingerprint density at radius 3 is 2.60 bits per heavy atom. The molecule has 136 valence electrons. The van der Waals surface area contributed by atoms with Crippen LogP contribution in [0.25, 0.3) is 0 Å². The van der Waals surface area contributed by atoms with E-state index in [4.69, 9.17) is 11.6 Å². The van der Waals surface area contributed by atoms with Crippen LogP contribution < -0.4 is 15.5 Å². The van der Waals surface area contributed by atoms with Crippen molar-refractivity contribution >= 4 is 29.4 Å². The third-order valence-corrected chi connectivity index (χ3v) is 4.92. The second-order valence-electron chi connectivity index (χ2n) is 6.43. The van der Waals surface area contributed by atoms with Crippen molar-refractivity contribution in [3.63, 3.8) is 0 Å². The van der Waals surface area contributed by atoms with Crippen molar-refractivity contribution in [2.75, 3.05) is 38.2 Å². The summed E-state index contributed by atoms with van der Waals surface area (Å²) < 4.78 is 4.63. The monoisotopic (exact) mass is 366 g/mol. The Labute approximate surface area is 152 Å². The van der Waals surface area contributed by atoms with E-state index in [0.29, 0.717) is 13.1 Å². The van der Waals surface area contributed by atoms with Gasteiger partial charge in [-0.25, -0.2) is 9.59 Å². The zero-order valence-corrected chi connectivity index (χ0v) is 15.0. The highest BCUT2D eigenvalue weighted by molar-refractivity contribution is 6.33. The summed E-state index contributed by atoms with van der Waals surface area (Å²) in [5.41, 5.74) is 1.00. The lowest BCUT2D eigenvalue weighted by atomic mass is 10.0. The topological polar surface area (TPSA) is 73.9 Å². The maximum absolute atomic E-state index is 12.2. The Kier molecular flexibility index (Phi) is 5.53. The maximum Gasteiger partial charge on any atom is 0.409 e. The summed E-state index contributed by atoms with van der Waals surface area (Å²) in [6.07, 6.45) is 1.57. The number of amides is 3. The average Bonchev–Trinajstić information content (AvgIpc) is 2.57. The van der Waals surface area contributed by atoms with Crippen molar-refractivity contribution in [3.05, 3.63) is 29.3 Å². The molecule has 8 heteroatoms. The number of para-hydroxylation sites is 1. The highest BCUT2D eigenvalue weighted by Crippen LogP contribution is 2.27. The van der Waals surface area contributed by atoms with Crippen LogP contribution in [0, 0.1) is 0 Å². The molecular weight excluding hydrogens is 344 g/mol. The molecule has 1 aromatic rings. The van der Waals surface area contributed by atoms with Crippen LogP contribution in [0.15, 0.2) is 24.3 Å². The highest BCUT2D eigenvalue weighted by atomic mass is 35.5. The number of piperidine rings is 1. The lowest BCUT2D eigenvalue weighted by Crippen LogP contribution is -2.63. The van der Waals surface area contributed by atoms with Gasteiger partial charge in [0.25, 0.3) is 0 Å². The number of rotatable bonds is 3. The van der Waals surface area contributed by atoms with Crippen molar-refractivity contribution in [1.82, 2.24) is 15.5 Å². The first-order valence-corrected chi connectivity index (χ1v) is 8.84. The van der Waals surface area contributed by atoms with E-state index >= 15 is 0 Å². The van der Waals surface area contributed by atoms with Crippen LogP contribution in [0.2, 0.25) is 5.02 Å². The van der Waals surface area contributed by atoms with Crippen molar-refractivity contribution in [3.8, 4) is 0 Å². The van der Waals surface area contributed by atoms with E-state index in [9.17, 15) is 9.59 Å². The molecule has 2 saturated heterocycles. The van der Waals surface area contributed by atoms with E-state index in [1.54, 1.807) is 4.90 Å². The molecule has 1 atom stereocenters. The van der Waals surface area contributed by atoms with Crippen LogP contribution in [0.5, 0.6) is 0 Å². The zero-order valence-electron chi connectivity index (χ0n) is 14.2. The summed E-state index contributed by atoms with van der Waals surface area (Å²) in [5, 5.41) is 6.65. The molecule has 2 N–H and O–H groups in total. The number of anilines is 1. The van der Waals surface area contributed by atoms with Crippen molar-refractivity contribution in [1.29, 1.82) is 0 Å². The fourth-order valence-electron chi connectivity index (χ4n) is 3.28. The molecule has 2 fully saturated rings. The molecule has 1 unspecified atom stereocenters.